The molecule has 0 bridgehead atoms. The van der Waals surface area contributed by atoms with Gasteiger partial charge in [0.2, 0.25) is 47.3 Å². The summed E-state index contributed by atoms with van der Waals surface area (Å²) in [6.07, 6.45) is 2.51. The second-order valence-corrected chi connectivity index (χ2v) is 19.1. The molecule has 416 valence electrons. The highest BCUT2D eigenvalue weighted by atomic mass is 16.3. The second-order valence-electron chi connectivity index (χ2n) is 19.1. The molecule has 8 unspecified atom stereocenters. The van der Waals surface area contributed by atoms with Gasteiger partial charge in [0.15, 0.2) is 17.9 Å². The number of carbonyl (C=O) groups excluding carboxylic acids is 8. The first-order valence-electron chi connectivity index (χ1n) is 24.9. The number of hydrogen-bond acceptors (Lipinski definition) is 13. The lowest BCUT2D eigenvalue weighted by atomic mass is 9.99. The molecule has 1 heterocycles. The number of benzene rings is 1. The van der Waals surface area contributed by atoms with Gasteiger partial charge in [-0.3, -0.25) is 53.3 Å². The Morgan fingerprint density at radius 2 is 1.12 bits per heavy atom. The van der Waals surface area contributed by atoms with Crippen molar-refractivity contribution in [1.82, 2.24) is 36.8 Å². The van der Waals surface area contributed by atoms with Crippen LogP contribution < -0.4 is 77.8 Å². The van der Waals surface area contributed by atoms with E-state index in [1.807, 2.05) is 13.8 Å². The summed E-state index contributed by atoms with van der Waals surface area (Å²) in [6.45, 7) is 9.22. The molecule has 27 nitrogen and oxygen atoms in total. The molecule has 27 heteroatoms. The molecule has 2 rings (SSSR count). The predicted octanol–water partition coefficient (Wildman–Crippen LogP) is -3.83. The van der Waals surface area contributed by atoms with Crippen LogP contribution in [-0.4, -0.2) is 150 Å². The maximum Gasteiger partial charge on any atom is 0.245 e. The first kappa shape index (κ1) is 62.7. The van der Waals surface area contributed by atoms with Gasteiger partial charge in [0.1, 0.15) is 48.0 Å². The van der Waals surface area contributed by atoms with E-state index >= 15 is 0 Å². The molecule has 0 saturated carbocycles. The van der Waals surface area contributed by atoms with E-state index in [0.29, 0.717) is 24.8 Å². The Labute approximate surface area is 433 Å². The van der Waals surface area contributed by atoms with Gasteiger partial charge >= 0.3 is 0 Å². The fourth-order valence-electron chi connectivity index (χ4n) is 7.82. The molecular formula is C47H84N18O9. The third-order valence-electron chi connectivity index (χ3n) is 12.0. The number of nitrogens with two attached hydrogens (primary N) is 8. The largest absolute Gasteiger partial charge is 0.508 e. The molecule has 1 fully saturated rings. The van der Waals surface area contributed by atoms with Crippen LogP contribution in [0.3, 0.4) is 0 Å². The van der Waals surface area contributed by atoms with Gasteiger partial charge in [-0.05, 0) is 101 Å². The van der Waals surface area contributed by atoms with Gasteiger partial charge in [-0.25, -0.2) is 0 Å². The smallest absolute Gasteiger partial charge is 0.245 e. The summed E-state index contributed by atoms with van der Waals surface area (Å²) in [6, 6.07) is -3.43. The number of carbonyl (C=O) groups is 8. The fraction of sp³-hybridized carbons (Fsp3) is 0.638. The molecule has 1 aromatic carbocycles. The third kappa shape index (κ3) is 23.0. The summed E-state index contributed by atoms with van der Waals surface area (Å²) in [4.78, 5) is 123. The lowest BCUT2D eigenvalue weighted by Crippen LogP contribution is -2.61. The highest BCUT2D eigenvalue weighted by Gasteiger charge is 2.40. The van der Waals surface area contributed by atoms with Crippen LogP contribution in [0.4, 0.5) is 0 Å². The van der Waals surface area contributed by atoms with Crippen LogP contribution in [0.1, 0.15) is 106 Å². The minimum atomic E-state index is -1.33. The van der Waals surface area contributed by atoms with Gasteiger partial charge in [0, 0.05) is 34.0 Å². The Balaban J connectivity index is 0.0000281. The summed E-state index contributed by atoms with van der Waals surface area (Å²) in [5.74, 6) is -6.52. The Morgan fingerprint density at radius 1 is 0.608 bits per heavy atom. The average Bonchev–Trinajstić information content (AvgIpc) is 3.82. The number of aliphatic imine (C=N–C) groups is 3. The monoisotopic (exact) mass is 1050 g/mol. The first-order valence-corrected chi connectivity index (χ1v) is 24.9. The number of phenols is 1. The number of hydrogen-bond donors (Lipinski definition) is 15. The molecular weight excluding hydrogens is 961 g/mol. The van der Waals surface area contributed by atoms with Gasteiger partial charge in [-0.2, -0.15) is 0 Å². The number of amides is 8. The average molecular weight is 1050 g/mol. The Kier molecular flexibility index (Phi) is 27.0. The highest BCUT2D eigenvalue weighted by Crippen LogP contribution is 2.21. The third-order valence-corrected chi connectivity index (χ3v) is 12.0. The van der Waals surface area contributed by atoms with E-state index < -0.39 is 102 Å². The quantitative estimate of drug-likeness (QED) is 0.0187. The van der Waals surface area contributed by atoms with Crippen LogP contribution in [0.5, 0.6) is 5.75 Å². The van der Waals surface area contributed by atoms with Crippen LogP contribution in [-0.2, 0) is 44.8 Å². The normalized spacial score (nSPS) is 15.9. The summed E-state index contributed by atoms with van der Waals surface area (Å²) >= 11 is 0. The summed E-state index contributed by atoms with van der Waals surface area (Å²) in [5.41, 5.74) is 45.0. The molecule has 0 spiro atoms. The first-order chi connectivity index (χ1) is 34.8. The van der Waals surface area contributed by atoms with Gasteiger partial charge in [-0.1, -0.05) is 39.8 Å². The molecule has 0 aliphatic carbocycles. The van der Waals surface area contributed by atoms with Crippen molar-refractivity contribution in [1.29, 1.82) is 0 Å². The molecule has 0 radical (unpaired) electrons. The van der Waals surface area contributed by atoms with Crippen molar-refractivity contribution in [3.8, 4) is 5.75 Å². The number of rotatable bonds is 32. The minimum Gasteiger partial charge on any atom is -0.508 e. The Bertz CT molecular complexity index is 2130. The van der Waals surface area contributed by atoms with Crippen LogP contribution in [0.2, 0.25) is 0 Å². The van der Waals surface area contributed by atoms with Crippen molar-refractivity contribution >= 4 is 65.1 Å². The highest BCUT2D eigenvalue weighted by molar-refractivity contribution is 5.98. The molecule has 1 aromatic rings. The van der Waals surface area contributed by atoms with Gasteiger partial charge in [-0.15, -0.1) is 0 Å². The van der Waals surface area contributed by atoms with Gasteiger partial charge < -0.3 is 87.8 Å². The molecule has 23 N–H and O–H groups in total. The van der Waals surface area contributed by atoms with Crippen LogP contribution in [0.25, 0.3) is 0 Å². The number of guanidine groups is 3. The lowest BCUT2D eigenvalue weighted by Gasteiger charge is -2.31. The van der Waals surface area contributed by atoms with E-state index in [4.69, 9.17) is 45.9 Å². The summed E-state index contributed by atoms with van der Waals surface area (Å²) < 4.78 is 0. The number of likely N-dealkylation sites (tertiary alicyclic amines) is 1. The SMILES string of the molecule is CC(C)CCC(NC(=O)C(C)NC(=O)C(Cc1ccc(O)cc1)NC(=O)C(NC(=O)C(CCCN=C(N)N)NC(=O)C1CCCN1C(=O)C(CCCN=C(N)N)NC(=O)C(N)CCCN=C(N)N)C(C)C)C(N)=O.[2HH]. The van der Waals surface area contributed by atoms with Crippen molar-refractivity contribution < 1.29 is 44.9 Å². The van der Waals surface area contributed by atoms with Crippen molar-refractivity contribution in [2.45, 2.75) is 154 Å². The molecule has 1 saturated heterocycles. The van der Waals surface area contributed by atoms with Crippen molar-refractivity contribution in [3.63, 3.8) is 0 Å². The Hall–Kier alpha value is -7.45. The lowest BCUT2D eigenvalue weighted by molar-refractivity contribution is -0.142. The van der Waals surface area contributed by atoms with Crippen molar-refractivity contribution in [2.24, 2.45) is 72.7 Å². The van der Waals surface area contributed by atoms with E-state index in [1.165, 1.54) is 24.0 Å². The molecule has 1 aliphatic heterocycles. The van der Waals surface area contributed by atoms with Crippen molar-refractivity contribution in [3.05, 3.63) is 29.8 Å². The molecule has 1 aliphatic rings. The van der Waals surface area contributed by atoms with Crippen LogP contribution in [0.15, 0.2) is 39.2 Å². The van der Waals surface area contributed by atoms with Crippen LogP contribution in [0, 0.1) is 11.8 Å². The standard InChI is InChI=1S/C47H82N18O9.H2/c1-25(2)14-19-31(37(49)67)60-38(68)27(5)59-41(71)34(24-28-15-17-29(66)18-16-28)63-43(73)36(26(3)4)64-40(70)32(11-7-21-57-46(52)53)61-42(72)35-13-9-23-65(35)44(74)33(12-8-22-58-47(54)55)62-39(69)30(48)10-6-20-56-45(50)51;/h15-18,25-27,30-36,66H,6-14,19-24,48H2,1-5H3,(H2,49,67)(H,59,71)(H,60,68)(H,61,72)(H,62,69)(H,63,73)(H,64,70)(H4,50,51,56)(H4,52,53,57)(H4,54,55,58);1H/i;1+1. The molecule has 0 aromatic heterocycles. The van der Waals surface area contributed by atoms with E-state index in [9.17, 15) is 43.5 Å². The van der Waals surface area contributed by atoms with Crippen LogP contribution >= 0.6 is 0 Å². The zero-order valence-corrected chi connectivity index (χ0v) is 43.3. The van der Waals surface area contributed by atoms with Gasteiger partial charge in [0.25, 0.3) is 0 Å². The zero-order chi connectivity index (χ0) is 55.7. The van der Waals surface area contributed by atoms with Crippen molar-refractivity contribution in [2.75, 3.05) is 26.2 Å². The number of phenolic OH excluding ortho intramolecular Hbond substituents is 1. The summed E-state index contributed by atoms with van der Waals surface area (Å²) in [7, 11) is 0. The maximum atomic E-state index is 14.3. The van der Waals surface area contributed by atoms with E-state index in [0.717, 1.165) is 0 Å². The zero-order valence-electron chi connectivity index (χ0n) is 43.3. The molecule has 8 amide bonds. The second kappa shape index (κ2) is 31.9. The maximum absolute atomic E-state index is 14.3. The number of primary amides is 1. The van der Waals surface area contributed by atoms with E-state index in [-0.39, 0.29) is 109 Å². The number of aromatic hydroxyl groups is 1. The molecule has 8 atom stereocenters. The fourth-order valence-corrected chi connectivity index (χ4v) is 7.82. The predicted molar refractivity (Wildman–Crippen MR) is 282 cm³/mol. The number of nitrogens with one attached hydrogen (secondary N) is 6. The number of nitrogens with zero attached hydrogens (tertiary/aromatic N) is 4. The van der Waals surface area contributed by atoms with Gasteiger partial charge in [0.05, 0.1) is 6.04 Å². The molecule has 74 heavy (non-hydrogen) atoms. The van der Waals surface area contributed by atoms with E-state index in [1.54, 1.807) is 26.0 Å². The minimum absolute atomic E-state index is 0. The summed E-state index contributed by atoms with van der Waals surface area (Å²) in [5, 5.41) is 26.0. The Morgan fingerprint density at radius 3 is 1.65 bits per heavy atom. The van der Waals surface area contributed by atoms with E-state index in [2.05, 4.69) is 46.9 Å². The topological polar surface area (TPSA) is 477 Å².